The molecule has 0 amide bonds. The van der Waals surface area contributed by atoms with Gasteiger partial charge in [0.2, 0.25) is 0 Å². The lowest BCUT2D eigenvalue weighted by atomic mass is 9.93. The molecular weight excluding hydrogens is 220 g/mol. The average Bonchev–Trinajstić information content (AvgIpc) is 2.82. The predicted molar refractivity (Wildman–Crippen MR) is 77.5 cm³/mol. The Kier molecular flexibility index (Phi) is 4.79. The van der Waals surface area contributed by atoms with Crippen molar-refractivity contribution in [3.8, 4) is 0 Å². The van der Waals surface area contributed by atoms with Crippen molar-refractivity contribution in [2.75, 3.05) is 13.1 Å². The van der Waals surface area contributed by atoms with Crippen molar-refractivity contribution in [2.24, 2.45) is 17.6 Å². The molecule has 1 aliphatic rings. The van der Waals surface area contributed by atoms with E-state index >= 15 is 0 Å². The van der Waals surface area contributed by atoms with Gasteiger partial charge < -0.3 is 11.1 Å². The Morgan fingerprint density at radius 1 is 1.28 bits per heavy atom. The molecule has 2 rings (SSSR count). The van der Waals surface area contributed by atoms with Gasteiger partial charge in [0.15, 0.2) is 0 Å². The van der Waals surface area contributed by atoms with E-state index in [9.17, 15) is 0 Å². The second kappa shape index (κ2) is 6.35. The molecule has 3 N–H and O–H groups in total. The Morgan fingerprint density at radius 3 is 2.56 bits per heavy atom. The first-order chi connectivity index (χ1) is 8.65. The van der Waals surface area contributed by atoms with Crippen LogP contribution in [0.5, 0.6) is 0 Å². The summed E-state index contributed by atoms with van der Waals surface area (Å²) in [6.45, 7) is 6.81. The van der Waals surface area contributed by atoms with Crippen LogP contribution in [0.4, 0.5) is 0 Å². The molecule has 0 aliphatic carbocycles. The maximum atomic E-state index is 6.30. The lowest BCUT2D eigenvalue weighted by molar-refractivity contribution is 0.473. The van der Waals surface area contributed by atoms with Crippen LogP contribution in [0.2, 0.25) is 0 Å². The van der Waals surface area contributed by atoms with E-state index in [4.69, 9.17) is 5.73 Å². The van der Waals surface area contributed by atoms with E-state index in [0.29, 0.717) is 5.92 Å². The number of hydrogen-bond acceptors (Lipinski definition) is 2. The number of rotatable bonds is 5. The Hall–Kier alpha value is -0.860. The molecule has 100 valence electrons. The van der Waals surface area contributed by atoms with E-state index in [1.54, 1.807) is 0 Å². The van der Waals surface area contributed by atoms with Crippen molar-refractivity contribution in [1.29, 1.82) is 0 Å². The molecular formula is C16H26N2. The molecule has 1 aliphatic heterocycles. The molecule has 0 spiro atoms. The normalized spacial score (nSPS) is 21.4. The largest absolute Gasteiger partial charge is 0.324 e. The van der Waals surface area contributed by atoms with Gasteiger partial charge in [-0.1, -0.05) is 38.1 Å². The molecule has 0 aromatic heterocycles. The smallest absolute Gasteiger partial charge is 0.0297 e. The van der Waals surface area contributed by atoms with E-state index < -0.39 is 0 Å². The topological polar surface area (TPSA) is 38.0 Å². The maximum absolute atomic E-state index is 6.30. The summed E-state index contributed by atoms with van der Waals surface area (Å²) in [7, 11) is 0. The van der Waals surface area contributed by atoms with Crippen LogP contribution >= 0.6 is 0 Å². The van der Waals surface area contributed by atoms with Gasteiger partial charge >= 0.3 is 0 Å². The van der Waals surface area contributed by atoms with Crippen molar-refractivity contribution in [3.63, 3.8) is 0 Å². The van der Waals surface area contributed by atoms with Crippen molar-refractivity contribution in [2.45, 2.75) is 39.2 Å². The minimum absolute atomic E-state index is 0.197. The number of nitrogens with two attached hydrogens (primary N) is 1. The third-order valence-corrected chi connectivity index (χ3v) is 3.80. The standard InChI is InChI=1S/C16H26N2/c1-12(2)9-13-3-5-15(6-4-13)16(17)10-14-7-8-18-11-14/h3-6,12,14,16,18H,7-11,17H2,1-2H3. The van der Waals surface area contributed by atoms with Gasteiger partial charge in [-0.3, -0.25) is 0 Å². The molecule has 1 saturated heterocycles. The van der Waals surface area contributed by atoms with Gasteiger partial charge in [0, 0.05) is 6.04 Å². The first-order valence-corrected chi connectivity index (χ1v) is 7.20. The third-order valence-electron chi connectivity index (χ3n) is 3.80. The SMILES string of the molecule is CC(C)Cc1ccc(C(N)CC2CCNC2)cc1. The number of nitrogens with one attached hydrogen (secondary N) is 1. The molecule has 1 heterocycles. The molecule has 2 unspecified atom stereocenters. The Labute approximate surface area is 111 Å². The first kappa shape index (κ1) is 13.6. The zero-order chi connectivity index (χ0) is 13.0. The van der Waals surface area contributed by atoms with Crippen LogP contribution in [-0.2, 0) is 6.42 Å². The van der Waals surface area contributed by atoms with Crippen molar-refractivity contribution in [3.05, 3.63) is 35.4 Å². The Morgan fingerprint density at radius 2 is 2.00 bits per heavy atom. The van der Waals surface area contributed by atoms with E-state index in [2.05, 4.69) is 43.4 Å². The summed E-state index contributed by atoms with van der Waals surface area (Å²) >= 11 is 0. The van der Waals surface area contributed by atoms with Crippen molar-refractivity contribution < 1.29 is 0 Å². The van der Waals surface area contributed by atoms with Crippen LogP contribution in [0.25, 0.3) is 0 Å². The Bertz CT molecular complexity index is 350. The molecule has 18 heavy (non-hydrogen) atoms. The van der Waals surface area contributed by atoms with Gasteiger partial charge in [0.1, 0.15) is 0 Å². The third kappa shape index (κ3) is 3.82. The highest BCUT2D eigenvalue weighted by molar-refractivity contribution is 5.25. The van der Waals surface area contributed by atoms with E-state index in [0.717, 1.165) is 31.8 Å². The predicted octanol–water partition coefficient (Wildman–Crippen LogP) is 2.88. The fraction of sp³-hybridized carbons (Fsp3) is 0.625. The highest BCUT2D eigenvalue weighted by Gasteiger charge is 2.18. The van der Waals surface area contributed by atoms with E-state index in [1.807, 2.05) is 0 Å². The zero-order valence-corrected chi connectivity index (χ0v) is 11.7. The van der Waals surface area contributed by atoms with Gasteiger partial charge in [-0.15, -0.1) is 0 Å². The molecule has 1 aromatic rings. The van der Waals surface area contributed by atoms with Crippen LogP contribution in [0.15, 0.2) is 24.3 Å². The fourth-order valence-electron chi connectivity index (χ4n) is 2.78. The highest BCUT2D eigenvalue weighted by atomic mass is 14.9. The van der Waals surface area contributed by atoms with Crippen LogP contribution in [0.3, 0.4) is 0 Å². The lowest BCUT2D eigenvalue weighted by Gasteiger charge is -2.16. The minimum Gasteiger partial charge on any atom is -0.324 e. The summed E-state index contributed by atoms with van der Waals surface area (Å²) in [5.74, 6) is 1.48. The maximum Gasteiger partial charge on any atom is 0.0297 e. The molecule has 1 aromatic carbocycles. The van der Waals surface area contributed by atoms with Crippen LogP contribution in [0, 0.1) is 11.8 Å². The van der Waals surface area contributed by atoms with Crippen molar-refractivity contribution in [1.82, 2.24) is 5.32 Å². The second-order valence-corrected chi connectivity index (χ2v) is 6.04. The summed E-state index contributed by atoms with van der Waals surface area (Å²) < 4.78 is 0. The quantitative estimate of drug-likeness (QED) is 0.838. The molecule has 1 fully saturated rings. The summed E-state index contributed by atoms with van der Waals surface area (Å²) in [6.07, 6.45) is 3.54. The molecule has 0 bridgehead atoms. The molecule has 2 atom stereocenters. The average molecular weight is 246 g/mol. The van der Waals surface area contributed by atoms with E-state index in [1.165, 1.54) is 17.5 Å². The fourth-order valence-corrected chi connectivity index (χ4v) is 2.78. The van der Waals surface area contributed by atoms with Crippen LogP contribution < -0.4 is 11.1 Å². The molecule has 2 nitrogen and oxygen atoms in total. The van der Waals surface area contributed by atoms with Crippen LogP contribution in [-0.4, -0.2) is 13.1 Å². The van der Waals surface area contributed by atoms with Gasteiger partial charge in [0.25, 0.3) is 0 Å². The second-order valence-electron chi connectivity index (χ2n) is 6.04. The first-order valence-electron chi connectivity index (χ1n) is 7.20. The number of benzene rings is 1. The van der Waals surface area contributed by atoms with Crippen LogP contribution in [0.1, 0.15) is 43.9 Å². The summed E-state index contributed by atoms with van der Waals surface area (Å²) in [5.41, 5.74) is 9.00. The number of hydrogen-bond donors (Lipinski definition) is 2. The molecule has 0 saturated carbocycles. The lowest BCUT2D eigenvalue weighted by Crippen LogP contribution is -2.17. The Balaban J connectivity index is 1.91. The summed E-state index contributed by atoms with van der Waals surface area (Å²) in [5, 5.41) is 3.40. The van der Waals surface area contributed by atoms with Gasteiger partial charge in [-0.25, -0.2) is 0 Å². The van der Waals surface area contributed by atoms with Gasteiger partial charge in [-0.05, 0) is 55.3 Å². The van der Waals surface area contributed by atoms with Gasteiger partial charge in [0.05, 0.1) is 0 Å². The van der Waals surface area contributed by atoms with Gasteiger partial charge in [-0.2, -0.15) is 0 Å². The zero-order valence-electron chi connectivity index (χ0n) is 11.7. The molecule has 0 radical (unpaired) electrons. The molecule has 2 heteroatoms. The highest BCUT2D eigenvalue weighted by Crippen LogP contribution is 2.23. The monoisotopic (exact) mass is 246 g/mol. The minimum atomic E-state index is 0.197. The summed E-state index contributed by atoms with van der Waals surface area (Å²) in [6, 6.07) is 9.10. The van der Waals surface area contributed by atoms with E-state index in [-0.39, 0.29) is 6.04 Å². The summed E-state index contributed by atoms with van der Waals surface area (Å²) in [4.78, 5) is 0. The van der Waals surface area contributed by atoms with Crippen molar-refractivity contribution >= 4 is 0 Å².